The first kappa shape index (κ1) is 26.6. The van der Waals surface area contributed by atoms with Gasteiger partial charge in [0.2, 0.25) is 5.91 Å². The third kappa shape index (κ3) is 14.5. The molecule has 30 heavy (non-hydrogen) atoms. The molecule has 1 heterocycles. The van der Waals surface area contributed by atoms with E-state index < -0.39 is 0 Å². The van der Waals surface area contributed by atoms with Crippen LogP contribution in [-0.2, 0) is 11.3 Å². The Morgan fingerprint density at radius 2 is 1.30 bits per heavy atom. The first-order valence-electron chi connectivity index (χ1n) is 12.3. The topological polar surface area (TPSA) is 54.0 Å². The molecule has 0 bridgehead atoms. The van der Waals surface area contributed by atoms with Gasteiger partial charge in [-0.25, -0.2) is 5.43 Å². The van der Waals surface area contributed by atoms with Crippen LogP contribution in [0.5, 0.6) is 0 Å². The molecule has 4 nitrogen and oxygen atoms in total. The third-order valence-corrected chi connectivity index (χ3v) is 6.07. The molecule has 0 aliphatic rings. The third-order valence-electron chi connectivity index (χ3n) is 6.07. The molecule has 0 fully saturated rings. The van der Waals surface area contributed by atoms with E-state index >= 15 is 0 Å². The Morgan fingerprint density at radius 3 is 1.83 bits per heavy atom. The molecular formula is C26H47N3O. The molecule has 0 aromatic carbocycles. The average molecular weight is 418 g/mol. The molecule has 1 amide bonds. The number of hydrogen-bond acceptors (Lipinski definition) is 3. The summed E-state index contributed by atoms with van der Waals surface area (Å²) in [6, 6.07) is 3.88. The van der Waals surface area contributed by atoms with Crippen molar-refractivity contribution in [2.24, 2.45) is 23.7 Å². The van der Waals surface area contributed by atoms with Crippen molar-refractivity contribution in [2.45, 2.75) is 105 Å². The molecule has 3 atom stereocenters. The summed E-state index contributed by atoms with van der Waals surface area (Å²) in [5, 5.41) is 0. The summed E-state index contributed by atoms with van der Waals surface area (Å²) in [6.07, 6.45) is 16.0. The molecule has 1 aromatic rings. The van der Waals surface area contributed by atoms with Gasteiger partial charge in [-0.05, 0) is 41.4 Å². The van der Waals surface area contributed by atoms with E-state index in [-0.39, 0.29) is 5.91 Å². The van der Waals surface area contributed by atoms with E-state index in [0.29, 0.717) is 18.9 Å². The van der Waals surface area contributed by atoms with Crippen LogP contribution in [0, 0.1) is 23.7 Å². The van der Waals surface area contributed by atoms with Gasteiger partial charge in [0.15, 0.2) is 0 Å². The molecular weight excluding hydrogens is 370 g/mol. The molecule has 0 aliphatic heterocycles. The van der Waals surface area contributed by atoms with E-state index in [1.165, 1.54) is 51.4 Å². The number of aromatic nitrogens is 1. The van der Waals surface area contributed by atoms with Crippen molar-refractivity contribution in [3.8, 4) is 0 Å². The summed E-state index contributed by atoms with van der Waals surface area (Å²) < 4.78 is 0. The normalized spacial score (nSPS) is 14.5. The number of nitrogens with zero attached hydrogens (tertiary/aromatic N) is 1. The maximum atomic E-state index is 12.1. The fourth-order valence-corrected chi connectivity index (χ4v) is 4.01. The van der Waals surface area contributed by atoms with Crippen LogP contribution in [0.4, 0.5) is 0 Å². The molecule has 172 valence electrons. The second kappa shape index (κ2) is 16.3. The summed E-state index contributed by atoms with van der Waals surface area (Å²) in [4.78, 5) is 16.1. The Kier molecular flexibility index (Phi) is 14.5. The summed E-state index contributed by atoms with van der Waals surface area (Å²) >= 11 is 0. The van der Waals surface area contributed by atoms with Crippen molar-refractivity contribution in [1.82, 2.24) is 15.8 Å². The highest BCUT2D eigenvalue weighted by Crippen LogP contribution is 2.22. The zero-order chi connectivity index (χ0) is 22.2. The van der Waals surface area contributed by atoms with Gasteiger partial charge < -0.3 is 0 Å². The fourth-order valence-electron chi connectivity index (χ4n) is 4.01. The number of carbonyl (C=O) groups excluding carboxylic acids is 1. The Morgan fingerprint density at radius 1 is 0.800 bits per heavy atom. The summed E-state index contributed by atoms with van der Waals surface area (Å²) in [5.74, 6) is 3.03. The van der Waals surface area contributed by atoms with Gasteiger partial charge >= 0.3 is 0 Å². The van der Waals surface area contributed by atoms with Gasteiger partial charge in [-0.2, -0.15) is 0 Å². The van der Waals surface area contributed by atoms with Gasteiger partial charge in [0, 0.05) is 25.4 Å². The number of rotatable bonds is 17. The molecule has 4 heteroatoms. The minimum Gasteiger partial charge on any atom is -0.291 e. The minimum atomic E-state index is 0.0797. The van der Waals surface area contributed by atoms with Crippen LogP contribution in [0.1, 0.15) is 104 Å². The Labute approximate surface area is 186 Å². The van der Waals surface area contributed by atoms with Gasteiger partial charge in [-0.15, -0.1) is 0 Å². The second-order valence-corrected chi connectivity index (χ2v) is 9.96. The van der Waals surface area contributed by atoms with Crippen molar-refractivity contribution >= 4 is 5.91 Å². The van der Waals surface area contributed by atoms with Crippen molar-refractivity contribution < 1.29 is 4.79 Å². The smallest absolute Gasteiger partial charge is 0.234 e. The summed E-state index contributed by atoms with van der Waals surface area (Å²) in [6.45, 7) is 12.3. The molecule has 0 spiro atoms. The van der Waals surface area contributed by atoms with Crippen molar-refractivity contribution in [3.63, 3.8) is 0 Å². The molecule has 0 radical (unpaired) electrons. The lowest BCUT2D eigenvalue weighted by Crippen LogP contribution is -2.37. The highest BCUT2D eigenvalue weighted by Gasteiger charge is 2.11. The predicted molar refractivity (Wildman–Crippen MR) is 128 cm³/mol. The largest absolute Gasteiger partial charge is 0.291 e. The number of nitrogens with one attached hydrogen (secondary N) is 2. The SMILES string of the molecule is CC(C)CCCC(C)CCCC(C)CCCC(C)CC(=O)NNCc1ccncc1. The molecule has 0 saturated heterocycles. The van der Waals surface area contributed by atoms with E-state index in [0.717, 1.165) is 29.7 Å². The van der Waals surface area contributed by atoms with E-state index in [4.69, 9.17) is 0 Å². The lowest BCUT2D eigenvalue weighted by atomic mass is 9.91. The van der Waals surface area contributed by atoms with Gasteiger partial charge in [0.25, 0.3) is 0 Å². The number of carbonyl (C=O) groups is 1. The highest BCUT2D eigenvalue weighted by atomic mass is 16.2. The summed E-state index contributed by atoms with van der Waals surface area (Å²) in [5.41, 5.74) is 6.92. The van der Waals surface area contributed by atoms with Gasteiger partial charge in [0.05, 0.1) is 0 Å². The van der Waals surface area contributed by atoms with Gasteiger partial charge in [0.1, 0.15) is 0 Å². The number of hydrogen-bond donors (Lipinski definition) is 2. The average Bonchev–Trinajstić information content (AvgIpc) is 2.68. The number of pyridine rings is 1. The molecule has 0 saturated carbocycles. The Balaban J connectivity index is 2.01. The first-order valence-corrected chi connectivity index (χ1v) is 12.3. The lowest BCUT2D eigenvalue weighted by Gasteiger charge is -2.16. The highest BCUT2D eigenvalue weighted by molar-refractivity contribution is 5.75. The van der Waals surface area contributed by atoms with E-state index in [1.807, 2.05) is 12.1 Å². The van der Waals surface area contributed by atoms with E-state index in [9.17, 15) is 4.79 Å². The maximum Gasteiger partial charge on any atom is 0.234 e. The molecule has 1 aromatic heterocycles. The number of amides is 1. The van der Waals surface area contributed by atoms with E-state index in [1.54, 1.807) is 12.4 Å². The van der Waals surface area contributed by atoms with Gasteiger partial charge in [-0.1, -0.05) is 92.4 Å². The summed E-state index contributed by atoms with van der Waals surface area (Å²) in [7, 11) is 0. The Bertz CT molecular complexity index is 546. The van der Waals surface area contributed by atoms with Crippen LogP contribution < -0.4 is 10.9 Å². The fraction of sp³-hybridized carbons (Fsp3) is 0.769. The van der Waals surface area contributed by atoms with Crippen LogP contribution in [0.2, 0.25) is 0 Å². The molecule has 2 N–H and O–H groups in total. The van der Waals surface area contributed by atoms with Gasteiger partial charge in [-0.3, -0.25) is 15.2 Å². The van der Waals surface area contributed by atoms with Crippen LogP contribution in [-0.4, -0.2) is 10.9 Å². The predicted octanol–water partition coefficient (Wildman–Crippen LogP) is 6.67. The van der Waals surface area contributed by atoms with Crippen LogP contribution in [0.3, 0.4) is 0 Å². The molecule has 3 unspecified atom stereocenters. The van der Waals surface area contributed by atoms with Crippen LogP contribution >= 0.6 is 0 Å². The van der Waals surface area contributed by atoms with Crippen LogP contribution in [0.15, 0.2) is 24.5 Å². The first-order chi connectivity index (χ1) is 14.4. The number of hydrazine groups is 1. The molecule has 0 aliphatic carbocycles. The van der Waals surface area contributed by atoms with E-state index in [2.05, 4.69) is 50.5 Å². The Hall–Kier alpha value is -1.42. The molecule has 1 rings (SSSR count). The zero-order valence-corrected chi connectivity index (χ0v) is 20.3. The second-order valence-electron chi connectivity index (χ2n) is 9.96. The van der Waals surface area contributed by atoms with Crippen molar-refractivity contribution in [1.29, 1.82) is 0 Å². The minimum absolute atomic E-state index is 0.0797. The lowest BCUT2D eigenvalue weighted by molar-refractivity contribution is -0.123. The monoisotopic (exact) mass is 417 g/mol. The maximum absolute atomic E-state index is 12.1. The van der Waals surface area contributed by atoms with Crippen LogP contribution in [0.25, 0.3) is 0 Å². The van der Waals surface area contributed by atoms with Crippen molar-refractivity contribution in [2.75, 3.05) is 0 Å². The standard InChI is InChI=1S/C26H47N3O/c1-21(2)9-6-10-22(3)11-7-12-23(4)13-8-14-24(5)19-26(30)29-28-20-25-15-17-27-18-16-25/h15-18,21-24,28H,6-14,19-20H2,1-5H3,(H,29,30). The zero-order valence-electron chi connectivity index (χ0n) is 20.3. The quantitative estimate of drug-likeness (QED) is 0.278. The van der Waals surface area contributed by atoms with Crippen molar-refractivity contribution in [3.05, 3.63) is 30.1 Å².